The van der Waals surface area contributed by atoms with Crippen LogP contribution in [0.3, 0.4) is 0 Å². The molecule has 0 unspecified atom stereocenters. The second-order valence-electron chi connectivity index (χ2n) is 5.85. The van der Waals surface area contributed by atoms with E-state index in [1.54, 1.807) is 19.2 Å². The van der Waals surface area contributed by atoms with E-state index in [0.717, 1.165) is 30.8 Å². The number of halogens is 2. The predicted molar refractivity (Wildman–Crippen MR) is 89.3 cm³/mol. The number of methoxy groups -OCH3 is 1. The molecule has 25 heavy (non-hydrogen) atoms. The van der Waals surface area contributed by atoms with Crippen molar-refractivity contribution in [2.24, 2.45) is 0 Å². The van der Waals surface area contributed by atoms with Crippen LogP contribution in [0.4, 0.5) is 8.78 Å². The van der Waals surface area contributed by atoms with Crippen LogP contribution in [-0.2, 0) is 6.54 Å². The lowest BCUT2D eigenvalue weighted by Crippen LogP contribution is -2.23. The molecule has 0 saturated carbocycles. The molecule has 2 aromatic rings. The summed E-state index contributed by atoms with van der Waals surface area (Å²) in [5.74, 6) is -1.23. The summed E-state index contributed by atoms with van der Waals surface area (Å²) in [6.45, 7) is 1.69. The summed E-state index contributed by atoms with van der Waals surface area (Å²) in [7, 11) is 1.57. The number of hydrogen-bond acceptors (Lipinski definition) is 4. The first kappa shape index (κ1) is 17.3. The smallest absolute Gasteiger partial charge is 0.251 e. The van der Waals surface area contributed by atoms with Gasteiger partial charge in [-0.3, -0.25) is 15.6 Å². The molecule has 2 aromatic carbocycles. The Morgan fingerprint density at radius 1 is 1.16 bits per heavy atom. The fourth-order valence-corrected chi connectivity index (χ4v) is 2.81. The van der Waals surface area contributed by atoms with Crippen LogP contribution in [0.5, 0.6) is 5.75 Å². The standard InChI is InChI=1S/C18H19F2N3O2/c1-25-17-7-12(3-4-14(17)13-9-22-23-10-13)18(24)21-8-11-2-5-15(19)16(20)6-11/h2-7,13,22-23H,8-10H2,1H3,(H,21,24). The predicted octanol–water partition coefficient (Wildman–Crippen LogP) is 2.09. The first-order valence-electron chi connectivity index (χ1n) is 7.94. The van der Waals surface area contributed by atoms with Crippen molar-refractivity contribution in [3.63, 3.8) is 0 Å². The van der Waals surface area contributed by atoms with Crippen LogP contribution < -0.4 is 20.9 Å². The van der Waals surface area contributed by atoms with Crippen molar-refractivity contribution in [3.05, 3.63) is 64.7 Å². The van der Waals surface area contributed by atoms with Crippen molar-refractivity contribution in [1.82, 2.24) is 16.2 Å². The number of ether oxygens (including phenoxy) is 1. The van der Waals surface area contributed by atoms with Gasteiger partial charge in [-0.25, -0.2) is 8.78 Å². The third-order valence-electron chi connectivity index (χ3n) is 4.19. The highest BCUT2D eigenvalue weighted by Crippen LogP contribution is 2.28. The van der Waals surface area contributed by atoms with Crippen molar-refractivity contribution in [2.45, 2.75) is 12.5 Å². The summed E-state index contributed by atoms with van der Waals surface area (Å²) in [4.78, 5) is 12.3. The summed E-state index contributed by atoms with van der Waals surface area (Å²) in [6.07, 6.45) is 0. The van der Waals surface area contributed by atoms with Gasteiger partial charge < -0.3 is 10.1 Å². The zero-order valence-corrected chi connectivity index (χ0v) is 13.7. The van der Waals surface area contributed by atoms with Crippen molar-refractivity contribution >= 4 is 5.91 Å². The van der Waals surface area contributed by atoms with E-state index in [0.29, 0.717) is 16.9 Å². The molecule has 1 fully saturated rings. The maximum absolute atomic E-state index is 13.2. The van der Waals surface area contributed by atoms with Crippen LogP contribution in [-0.4, -0.2) is 26.1 Å². The van der Waals surface area contributed by atoms with Crippen LogP contribution in [0.25, 0.3) is 0 Å². The minimum atomic E-state index is -0.934. The molecule has 3 rings (SSSR count). The molecule has 7 heteroatoms. The molecule has 132 valence electrons. The Hall–Kier alpha value is -2.51. The Morgan fingerprint density at radius 3 is 2.60 bits per heavy atom. The van der Waals surface area contributed by atoms with Crippen molar-refractivity contribution in [3.8, 4) is 5.75 Å². The van der Waals surface area contributed by atoms with E-state index in [2.05, 4.69) is 16.2 Å². The molecule has 0 spiro atoms. The summed E-state index contributed by atoms with van der Waals surface area (Å²) >= 11 is 0. The monoisotopic (exact) mass is 347 g/mol. The topological polar surface area (TPSA) is 62.4 Å². The van der Waals surface area contributed by atoms with Gasteiger partial charge in [0.05, 0.1) is 7.11 Å². The minimum absolute atomic E-state index is 0.108. The molecule has 0 bridgehead atoms. The minimum Gasteiger partial charge on any atom is -0.496 e. The maximum atomic E-state index is 13.2. The third-order valence-corrected chi connectivity index (χ3v) is 4.19. The highest BCUT2D eigenvalue weighted by Gasteiger charge is 2.21. The van der Waals surface area contributed by atoms with E-state index in [1.165, 1.54) is 6.07 Å². The Labute approximate surface area is 144 Å². The molecule has 1 aliphatic rings. The van der Waals surface area contributed by atoms with Gasteiger partial charge in [-0.1, -0.05) is 12.1 Å². The molecule has 1 heterocycles. The van der Waals surface area contributed by atoms with Crippen LogP contribution in [0.1, 0.15) is 27.4 Å². The summed E-state index contributed by atoms with van der Waals surface area (Å²) in [5, 5.41) is 2.69. The van der Waals surface area contributed by atoms with Crippen molar-refractivity contribution < 1.29 is 18.3 Å². The number of hydrazine groups is 1. The fraction of sp³-hybridized carbons (Fsp3) is 0.278. The van der Waals surface area contributed by atoms with Gasteiger partial charge in [-0.15, -0.1) is 0 Å². The van der Waals surface area contributed by atoms with Crippen LogP contribution in [0.15, 0.2) is 36.4 Å². The number of hydrogen-bond donors (Lipinski definition) is 3. The SMILES string of the molecule is COc1cc(C(=O)NCc2ccc(F)c(F)c2)ccc1C1CNNC1. The van der Waals surface area contributed by atoms with Gasteiger partial charge in [-0.05, 0) is 35.4 Å². The second kappa shape index (κ2) is 7.58. The molecule has 3 N–H and O–H groups in total. The average Bonchev–Trinajstić information content (AvgIpc) is 3.16. The zero-order valence-electron chi connectivity index (χ0n) is 13.7. The zero-order chi connectivity index (χ0) is 17.8. The molecule has 0 atom stereocenters. The van der Waals surface area contributed by atoms with Gasteiger partial charge in [-0.2, -0.15) is 0 Å². The third kappa shape index (κ3) is 3.94. The largest absolute Gasteiger partial charge is 0.496 e. The first-order valence-corrected chi connectivity index (χ1v) is 7.94. The van der Waals surface area contributed by atoms with Gasteiger partial charge in [0.1, 0.15) is 5.75 Å². The van der Waals surface area contributed by atoms with Crippen LogP contribution >= 0.6 is 0 Å². The van der Waals surface area contributed by atoms with Gasteiger partial charge in [0.15, 0.2) is 11.6 Å². The maximum Gasteiger partial charge on any atom is 0.251 e. The van der Waals surface area contributed by atoms with Crippen LogP contribution in [0.2, 0.25) is 0 Å². The molecule has 1 aliphatic heterocycles. The molecule has 1 saturated heterocycles. The average molecular weight is 347 g/mol. The number of amides is 1. The lowest BCUT2D eigenvalue weighted by molar-refractivity contribution is 0.0950. The number of rotatable bonds is 5. The second-order valence-corrected chi connectivity index (χ2v) is 5.85. The molecule has 0 aliphatic carbocycles. The summed E-state index contributed by atoms with van der Waals surface area (Å²) in [5.41, 5.74) is 8.09. The molecule has 1 amide bonds. The molecular formula is C18H19F2N3O2. The molecule has 0 radical (unpaired) electrons. The first-order chi connectivity index (χ1) is 12.1. The summed E-state index contributed by atoms with van der Waals surface area (Å²) in [6, 6.07) is 8.84. The molecular weight excluding hydrogens is 328 g/mol. The van der Waals surface area contributed by atoms with Gasteiger partial charge in [0, 0.05) is 31.1 Å². The number of benzene rings is 2. The Bertz CT molecular complexity index is 777. The Balaban J connectivity index is 1.70. The lowest BCUT2D eigenvalue weighted by Gasteiger charge is -2.15. The van der Waals surface area contributed by atoms with Crippen LogP contribution in [0, 0.1) is 11.6 Å². The van der Waals surface area contributed by atoms with Crippen molar-refractivity contribution in [2.75, 3.05) is 20.2 Å². The quantitative estimate of drug-likeness (QED) is 0.775. The summed E-state index contributed by atoms with van der Waals surface area (Å²) < 4.78 is 31.5. The highest BCUT2D eigenvalue weighted by molar-refractivity contribution is 5.94. The Morgan fingerprint density at radius 2 is 1.92 bits per heavy atom. The normalized spacial score (nSPS) is 14.5. The molecule has 5 nitrogen and oxygen atoms in total. The number of carbonyl (C=O) groups is 1. The van der Waals surface area contributed by atoms with Gasteiger partial charge in [0.25, 0.3) is 5.91 Å². The van der Waals surface area contributed by atoms with E-state index < -0.39 is 11.6 Å². The Kier molecular flexibility index (Phi) is 5.25. The number of carbonyl (C=O) groups excluding carboxylic acids is 1. The van der Waals surface area contributed by atoms with E-state index in [-0.39, 0.29) is 18.4 Å². The van der Waals surface area contributed by atoms with Gasteiger partial charge in [0.2, 0.25) is 0 Å². The molecule has 0 aromatic heterocycles. The van der Waals surface area contributed by atoms with E-state index in [4.69, 9.17) is 4.74 Å². The van der Waals surface area contributed by atoms with Crippen molar-refractivity contribution in [1.29, 1.82) is 0 Å². The van der Waals surface area contributed by atoms with E-state index in [9.17, 15) is 13.6 Å². The number of nitrogens with one attached hydrogen (secondary N) is 3. The van der Waals surface area contributed by atoms with E-state index in [1.807, 2.05) is 6.07 Å². The highest BCUT2D eigenvalue weighted by atomic mass is 19.2. The van der Waals surface area contributed by atoms with E-state index >= 15 is 0 Å². The fourth-order valence-electron chi connectivity index (χ4n) is 2.81. The van der Waals surface area contributed by atoms with Gasteiger partial charge >= 0.3 is 0 Å². The lowest BCUT2D eigenvalue weighted by atomic mass is 9.97.